The number of ketones is 1. The number of anilines is 1. The molecule has 0 unspecified atom stereocenters. The average molecular weight is 365 g/mol. The minimum Gasteiger partial charge on any atom is -0.323 e. The lowest BCUT2D eigenvalue weighted by Crippen LogP contribution is -2.20. The zero-order valence-corrected chi connectivity index (χ0v) is 14.6. The van der Waals surface area contributed by atoms with Crippen LogP contribution in [0.15, 0.2) is 72.8 Å². The zero-order valence-electron chi connectivity index (χ0n) is 14.6. The van der Waals surface area contributed by atoms with E-state index in [1.807, 2.05) is 6.07 Å². The zero-order chi connectivity index (χ0) is 19.4. The van der Waals surface area contributed by atoms with E-state index in [1.54, 1.807) is 55.5 Å². The number of carbonyl (C=O) groups is 2. The van der Waals surface area contributed by atoms with Crippen LogP contribution in [0.1, 0.15) is 34.3 Å². The topological polar surface area (TPSA) is 46.2 Å². The number of halogens is 2. The molecule has 0 bridgehead atoms. The van der Waals surface area contributed by atoms with Gasteiger partial charge in [-0.2, -0.15) is 0 Å². The summed E-state index contributed by atoms with van der Waals surface area (Å²) >= 11 is 0. The summed E-state index contributed by atoms with van der Waals surface area (Å²) in [6, 6.07) is 18.4. The van der Waals surface area contributed by atoms with Crippen molar-refractivity contribution in [3.63, 3.8) is 0 Å². The Balaban J connectivity index is 1.80. The fourth-order valence-corrected chi connectivity index (χ4v) is 2.69. The Hall–Kier alpha value is -3.34. The molecule has 27 heavy (non-hydrogen) atoms. The summed E-state index contributed by atoms with van der Waals surface area (Å²) in [6.45, 7) is 1.64. The first-order chi connectivity index (χ1) is 13.0. The van der Waals surface area contributed by atoms with Gasteiger partial charge in [0.1, 0.15) is 11.6 Å². The summed E-state index contributed by atoms with van der Waals surface area (Å²) in [4.78, 5) is 25.0. The molecule has 3 aromatic carbocycles. The number of carbonyl (C=O) groups excluding carboxylic acids is 2. The molecule has 3 nitrogen and oxygen atoms in total. The van der Waals surface area contributed by atoms with Crippen molar-refractivity contribution < 1.29 is 18.4 Å². The molecule has 0 aliphatic rings. The molecule has 0 aromatic heterocycles. The van der Waals surface area contributed by atoms with E-state index in [4.69, 9.17) is 0 Å². The highest BCUT2D eigenvalue weighted by Crippen LogP contribution is 2.22. The van der Waals surface area contributed by atoms with Gasteiger partial charge >= 0.3 is 0 Å². The van der Waals surface area contributed by atoms with Crippen molar-refractivity contribution in [2.45, 2.75) is 12.8 Å². The molecule has 0 fully saturated rings. The molecule has 0 radical (unpaired) electrons. The van der Waals surface area contributed by atoms with Gasteiger partial charge in [-0.1, -0.05) is 48.5 Å². The average Bonchev–Trinajstić information content (AvgIpc) is 2.70. The van der Waals surface area contributed by atoms with Gasteiger partial charge in [0.15, 0.2) is 5.78 Å². The fourth-order valence-electron chi connectivity index (χ4n) is 2.69. The minimum atomic E-state index is -0.718. The lowest BCUT2D eigenvalue weighted by Gasteiger charge is -2.14. The first-order valence-electron chi connectivity index (χ1n) is 8.41. The molecule has 1 atom stereocenters. The van der Waals surface area contributed by atoms with E-state index in [0.29, 0.717) is 16.7 Å². The predicted molar refractivity (Wildman–Crippen MR) is 99.7 cm³/mol. The third-order valence-electron chi connectivity index (χ3n) is 4.26. The summed E-state index contributed by atoms with van der Waals surface area (Å²) in [5, 5.41) is 2.39. The van der Waals surface area contributed by atoms with Gasteiger partial charge in [0, 0.05) is 17.2 Å². The van der Waals surface area contributed by atoms with E-state index in [2.05, 4.69) is 5.32 Å². The Morgan fingerprint density at radius 3 is 2.30 bits per heavy atom. The van der Waals surface area contributed by atoms with E-state index in [-0.39, 0.29) is 11.5 Å². The van der Waals surface area contributed by atoms with Crippen LogP contribution in [0, 0.1) is 11.6 Å². The van der Waals surface area contributed by atoms with E-state index < -0.39 is 23.5 Å². The van der Waals surface area contributed by atoms with Crippen molar-refractivity contribution in [3.8, 4) is 0 Å². The Bertz CT molecular complexity index is 987. The maximum Gasteiger partial charge on any atom is 0.231 e. The van der Waals surface area contributed by atoms with Crippen molar-refractivity contribution in [2.75, 3.05) is 5.32 Å². The number of rotatable bonds is 5. The largest absolute Gasteiger partial charge is 0.323 e. The summed E-state index contributed by atoms with van der Waals surface area (Å²) in [7, 11) is 0. The van der Waals surface area contributed by atoms with Crippen LogP contribution in [-0.2, 0) is 4.79 Å². The van der Waals surface area contributed by atoms with Crippen LogP contribution in [0.25, 0.3) is 0 Å². The molecule has 3 aromatic rings. The van der Waals surface area contributed by atoms with Crippen LogP contribution in [0.2, 0.25) is 0 Å². The van der Waals surface area contributed by atoms with E-state index in [9.17, 15) is 18.4 Å². The lowest BCUT2D eigenvalue weighted by molar-refractivity contribution is -0.117. The second-order valence-corrected chi connectivity index (χ2v) is 6.16. The van der Waals surface area contributed by atoms with E-state index >= 15 is 0 Å². The fraction of sp³-hybridized carbons (Fsp3) is 0.0909. The third kappa shape index (κ3) is 4.26. The van der Waals surface area contributed by atoms with Gasteiger partial charge in [0.25, 0.3) is 0 Å². The van der Waals surface area contributed by atoms with Gasteiger partial charge < -0.3 is 5.32 Å². The van der Waals surface area contributed by atoms with Gasteiger partial charge in [-0.05, 0) is 30.7 Å². The summed E-state index contributed by atoms with van der Waals surface area (Å²) in [5.41, 5.74) is 1.39. The molecule has 0 saturated carbocycles. The molecular weight excluding hydrogens is 348 g/mol. The molecule has 0 aliphatic carbocycles. The number of hydrogen-bond donors (Lipinski definition) is 1. The van der Waals surface area contributed by atoms with Crippen LogP contribution in [0.5, 0.6) is 0 Å². The quantitative estimate of drug-likeness (QED) is 0.651. The van der Waals surface area contributed by atoms with Crippen LogP contribution in [0.3, 0.4) is 0 Å². The van der Waals surface area contributed by atoms with Gasteiger partial charge in [-0.15, -0.1) is 0 Å². The Labute approximate surface area is 155 Å². The highest BCUT2D eigenvalue weighted by Gasteiger charge is 2.19. The second kappa shape index (κ2) is 7.91. The first kappa shape index (κ1) is 18.5. The standard InChI is InChI=1S/C22H17F2NO2/c1-14(22(27)25-20-13-18(23)10-11-19(20)24)16-8-5-9-17(12-16)21(26)15-6-3-2-4-7-15/h2-14H,1H3,(H,25,27)/t14-/m0/s1. The summed E-state index contributed by atoms with van der Waals surface area (Å²) in [6.07, 6.45) is 0. The van der Waals surface area contributed by atoms with Crippen LogP contribution >= 0.6 is 0 Å². The number of benzene rings is 3. The smallest absolute Gasteiger partial charge is 0.231 e. The van der Waals surface area contributed by atoms with Crippen LogP contribution < -0.4 is 5.32 Å². The van der Waals surface area contributed by atoms with Crippen LogP contribution in [-0.4, -0.2) is 11.7 Å². The Kier molecular flexibility index (Phi) is 5.41. The Morgan fingerprint density at radius 1 is 0.852 bits per heavy atom. The molecule has 0 aliphatic heterocycles. The molecular formula is C22H17F2NO2. The maximum absolute atomic E-state index is 13.7. The monoisotopic (exact) mass is 365 g/mol. The molecule has 0 spiro atoms. The number of amides is 1. The van der Waals surface area contributed by atoms with Crippen LogP contribution in [0.4, 0.5) is 14.5 Å². The molecule has 1 amide bonds. The predicted octanol–water partition coefficient (Wildman–Crippen LogP) is 4.94. The summed E-state index contributed by atoms with van der Waals surface area (Å²) < 4.78 is 27.0. The van der Waals surface area contributed by atoms with Crippen molar-refractivity contribution in [1.29, 1.82) is 0 Å². The minimum absolute atomic E-state index is 0.152. The first-order valence-corrected chi connectivity index (χ1v) is 8.41. The SMILES string of the molecule is C[C@H](C(=O)Nc1cc(F)ccc1F)c1cccc(C(=O)c2ccccc2)c1. The highest BCUT2D eigenvalue weighted by atomic mass is 19.1. The van der Waals surface area contributed by atoms with Gasteiger partial charge in [0.2, 0.25) is 5.91 Å². The normalized spacial score (nSPS) is 11.7. The van der Waals surface area contributed by atoms with Crippen molar-refractivity contribution in [3.05, 3.63) is 101 Å². The second-order valence-electron chi connectivity index (χ2n) is 6.16. The van der Waals surface area contributed by atoms with Crippen molar-refractivity contribution in [1.82, 2.24) is 0 Å². The van der Waals surface area contributed by atoms with E-state index in [0.717, 1.165) is 18.2 Å². The lowest BCUT2D eigenvalue weighted by atomic mass is 9.95. The van der Waals surface area contributed by atoms with Crippen molar-refractivity contribution in [2.24, 2.45) is 0 Å². The van der Waals surface area contributed by atoms with Gasteiger partial charge in [-0.25, -0.2) is 8.78 Å². The van der Waals surface area contributed by atoms with Gasteiger partial charge in [0.05, 0.1) is 11.6 Å². The van der Waals surface area contributed by atoms with Crippen molar-refractivity contribution >= 4 is 17.4 Å². The molecule has 0 heterocycles. The number of hydrogen-bond acceptors (Lipinski definition) is 2. The third-order valence-corrected chi connectivity index (χ3v) is 4.26. The summed E-state index contributed by atoms with van der Waals surface area (Å²) in [5.74, 6) is -2.67. The highest BCUT2D eigenvalue weighted by molar-refractivity contribution is 6.09. The van der Waals surface area contributed by atoms with E-state index in [1.165, 1.54) is 0 Å². The van der Waals surface area contributed by atoms with Gasteiger partial charge in [-0.3, -0.25) is 9.59 Å². The molecule has 3 rings (SSSR count). The molecule has 136 valence electrons. The maximum atomic E-state index is 13.7. The molecule has 0 saturated heterocycles. The molecule has 1 N–H and O–H groups in total. The number of nitrogens with one attached hydrogen (secondary N) is 1. The Morgan fingerprint density at radius 2 is 1.56 bits per heavy atom. The molecule has 5 heteroatoms.